The van der Waals surface area contributed by atoms with E-state index in [1.54, 1.807) is 0 Å². The van der Waals surface area contributed by atoms with Crippen molar-refractivity contribution in [1.82, 2.24) is 10.2 Å². The number of piperazine rings is 1. The van der Waals surface area contributed by atoms with E-state index in [9.17, 15) is 0 Å². The Bertz CT molecular complexity index is 270. The fourth-order valence-electron chi connectivity index (χ4n) is 3.72. The topological polar surface area (TPSA) is 15.3 Å². The van der Waals surface area contributed by atoms with Crippen molar-refractivity contribution in [1.29, 1.82) is 0 Å². The van der Waals surface area contributed by atoms with Crippen LogP contribution in [0.2, 0.25) is 0 Å². The Hall–Kier alpha value is -0.0800. The van der Waals surface area contributed by atoms with E-state index in [0.717, 1.165) is 29.8 Å². The molecule has 0 radical (unpaired) electrons. The lowest BCUT2D eigenvalue weighted by Gasteiger charge is -2.46. The van der Waals surface area contributed by atoms with Crippen LogP contribution in [-0.4, -0.2) is 36.6 Å². The Kier molecular flexibility index (Phi) is 3.95. The molecule has 3 atom stereocenters. The van der Waals surface area contributed by atoms with E-state index in [2.05, 4.69) is 24.1 Å². The third-order valence-electron chi connectivity index (χ3n) is 5.70. The lowest BCUT2D eigenvalue weighted by atomic mass is 9.83. The Labute approximate surface area is 113 Å². The molecule has 1 heterocycles. The summed E-state index contributed by atoms with van der Waals surface area (Å²) in [5, 5.41) is 3.84. The molecule has 0 aromatic heterocycles. The van der Waals surface area contributed by atoms with Crippen molar-refractivity contribution in [2.75, 3.05) is 19.6 Å². The first kappa shape index (κ1) is 12.9. The van der Waals surface area contributed by atoms with Crippen molar-refractivity contribution in [3.63, 3.8) is 0 Å². The fourth-order valence-corrected chi connectivity index (χ4v) is 3.72. The van der Waals surface area contributed by atoms with Gasteiger partial charge >= 0.3 is 0 Å². The quantitative estimate of drug-likeness (QED) is 0.807. The smallest absolute Gasteiger partial charge is 0.0247 e. The average molecular weight is 250 g/mol. The van der Waals surface area contributed by atoms with Gasteiger partial charge in [-0.15, -0.1) is 0 Å². The van der Waals surface area contributed by atoms with Gasteiger partial charge in [-0.25, -0.2) is 0 Å². The van der Waals surface area contributed by atoms with E-state index in [-0.39, 0.29) is 0 Å². The Morgan fingerprint density at radius 1 is 1.22 bits per heavy atom. The second kappa shape index (κ2) is 5.50. The molecule has 3 rings (SSSR count). The van der Waals surface area contributed by atoms with Crippen molar-refractivity contribution in [3.05, 3.63) is 0 Å². The van der Waals surface area contributed by atoms with Gasteiger partial charge in [0, 0.05) is 31.7 Å². The minimum Gasteiger partial charge on any atom is -0.311 e. The summed E-state index contributed by atoms with van der Waals surface area (Å²) in [5.74, 6) is 2.87. The maximum Gasteiger partial charge on any atom is 0.0247 e. The molecule has 0 amide bonds. The molecule has 18 heavy (non-hydrogen) atoms. The van der Waals surface area contributed by atoms with Gasteiger partial charge in [0.05, 0.1) is 0 Å². The normalized spacial score (nSPS) is 36.3. The highest BCUT2D eigenvalue weighted by Crippen LogP contribution is 2.36. The van der Waals surface area contributed by atoms with Crippen LogP contribution in [0.4, 0.5) is 0 Å². The number of nitrogens with one attached hydrogen (secondary N) is 1. The zero-order valence-corrected chi connectivity index (χ0v) is 12.2. The van der Waals surface area contributed by atoms with Gasteiger partial charge in [0.1, 0.15) is 0 Å². The third kappa shape index (κ3) is 2.75. The summed E-state index contributed by atoms with van der Waals surface area (Å²) in [7, 11) is 0. The average Bonchev–Trinajstić information content (AvgIpc) is 3.17. The summed E-state index contributed by atoms with van der Waals surface area (Å²) in [6.07, 6.45) is 8.74. The maximum absolute atomic E-state index is 3.84. The van der Waals surface area contributed by atoms with Crippen LogP contribution in [0.25, 0.3) is 0 Å². The fraction of sp³-hybridized carbons (Fsp3) is 1.00. The molecule has 3 aliphatic rings. The maximum atomic E-state index is 3.84. The van der Waals surface area contributed by atoms with Gasteiger partial charge in [0.2, 0.25) is 0 Å². The van der Waals surface area contributed by atoms with Gasteiger partial charge in [0.25, 0.3) is 0 Å². The van der Waals surface area contributed by atoms with Crippen molar-refractivity contribution < 1.29 is 0 Å². The van der Waals surface area contributed by atoms with E-state index in [1.165, 1.54) is 58.2 Å². The predicted molar refractivity (Wildman–Crippen MR) is 76.7 cm³/mol. The predicted octanol–water partition coefficient (Wildman–Crippen LogP) is 2.89. The molecule has 3 unspecified atom stereocenters. The molecular weight excluding hydrogens is 220 g/mol. The molecule has 1 aliphatic heterocycles. The second-order valence-corrected chi connectivity index (χ2v) is 7.06. The summed E-state index contributed by atoms with van der Waals surface area (Å²) in [6.45, 7) is 8.75. The molecule has 0 aromatic rings. The van der Waals surface area contributed by atoms with Crippen molar-refractivity contribution >= 4 is 0 Å². The standard InChI is InChI=1S/C16H30N2/c1-3-12(2)16-9-17-15(14-7-8-14)11-18(16)10-13-5-4-6-13/h12-17H,3-11H2,1-2H3. The summed E-state index contributed by atoms with van der Waals surface area (Å²) in [4.78, 5) is 2.86. The molecular formula is C16H30N2. The monoisotopic (exact) mass is 250 g/mol. The zero-order chi connectivity index (χ0) is 12.5. The van der Waals surface area contributed by atoms with Crippen molar-refractivity contribution in [3.8, 4) is 0 Å². The highest BCUT2D eigenvalue weighted by atomic mass is 15.2. The van der Waals surface area contributed by atoms with Gasteiger partial charge in [-0.2, -0.15) is 0 Å². The first-order valence-electron chi connectivity index (χ1n) is 8.25. The summed E-state index contributed by atoms with van der Waals surface area (Å²) in [5.41, 5.74) is 0. The summed E-state index contributed by atoms with van der Waals surface area (Å²) in [6, 6.07) is 1.61. The van der Waals surface area contributed by atoms with Gasteiger partial charge in [-0.1, -0.05) is 26.7 Å². The minimum absolute atomic E-state index is 0.797. The van der Waals surface area contributed by atoms with Crippen LogP contribution in [0.5, 0.6) is 0 Å². The van der Waals surface area contributed by atoms with Crippen LogP contribution in [-0.2, 0) is 0 Å². The zero-order valence-electron chi connectivity index (χ0n) is 12.2. The molecule has 1 saturated heterocycles. The molecule has 104 valence electrons. The molecule has 2 saturated carbocycles. The SMILES string of the molecule is CCC(C)C1CNC(C2CC2)CN1CC1CCC1. The van der Waals surface area contributed by atoms with Crippen LogP contribution in [0.15, 0.2) is 0 Å². The summed E-state index contributed by atoms with van der Waals surface area (Å²) >= 11 is 0. The van der Waals surface area contributed by atoms with E-state index in [0.29, 0.717) is 0 Å². The number of hydrogen-bond donors (Lipinski definition) is 1. The molecule has 1 N–H and O–H groups in total. The Balaban J connectivity index is 1.60. The number of nitrogens with zero attached hydrogens (tertiary/aromatic N) is 1. The lowest BCUT2D eigenvalue weighted by molar-refractivity contribution is 0.0557. The molecule has 0 spiro atoms. The first-order chi connectivity index (χ1) is 8.78. The van der Waals surface area contributed by atoms with Crippen LogP contribution in [0.1, 0.15) is 52.4 Å². The Morgan fingerprint density at radius 3 is 2.56 bits per heavy atom. The molecule has 2 heteroatoms. The van der Waals surface area contributed by atoms with Crippen LogP contribution in [0, 0.1) is 17.8 Å². The number of hydrogen-bond acceptors (Lipinski definition) is 2. The molecule has 0 aromatic carbocycles. The highest BCUT2D eigenvalue weighted by Gasteiger charge is 2.39. The van der Waals surface area contributed by atoms with Gasteiger partial charge in [0.15, 0.2) is 0 Å². The molecule has 2 aliphatic carbocycles. The molecule has 0 bridgehead atoms. The van der Waals surface area contributed by atoms with Gasteiger partial charge in [-0.05, 0) is 43.4 Å². The van der Waals surface area contributed by atoms with Gasteiger partial charge in [-0.3, -0.25) is 4.90 Å². The van der Waals surface area contributed by atoms with Crippen LogP contribution in [0.3, 0.4) is 0 Å². The summed E-state index contributed by atoms with van der Waals surface area (Å²) < 4.78 is 0. The van der Waals surface area contributed by atoms with Crippen LogP contribution >= 0.6 is 0 Å². The van der Waals surface area contributed by atoms with Crippen LogP contribution < -0.4 is 5.32 Å². The molecule has 2 nitrogen and oxygen atoms in total. The van der Waals surface area contributed by atoms with E-state index in [1.807, 2.05) is 0 Å². The van der Waals surface area contributed by atoms with E-state index >= 15 is 0 Å². The van der Waals surface area contributed by atoms with E-state index in [4.69, 9.17) is 0 Å². The number of rotatable bonds is 5. The van der Waals surface area contributed by atoms with Crippen molar-refractivity contribution in [2.24, 2.45) is 17.8 Å². The Morgan fingerprint density at radius 2 is 2.00 bits per heavy atom. The second-order valence-electron chi connectivity index (χ2n) is 7.06. The van der Waals surface area contributed by atoms with Gasteiger partial charge < -0.3 is 5.32 Å². The first-order valence-corrected chi connectivity index (χ1v) is 8.25. The third-order valence-corrected chi connectivity index (χ3v) is 5.70. The van der Waals surface area contributed by atoms with E-state index < -0.39 is 0 Å². The molecule has 3 fully saturated rings. The lowest BCUT2D eigenvalue weighted by Crippen LogP contribution is -2.60. The minimum atomic E-state index is 0.797. The van der Waals surface area contributed by atoms with Crippen molar-refractivity contribution in [2.45, 2.75) is 64.5 Å². The highest BCUT2D eigenvalue weighted by molar-refractivity contribution is 4.96. The largest absolute Gasteiger partial charge is 0.311 e.